The van der Waals surface area contributed by atoms with Gasteiger partial charge in [0, 0.05) is 0 Å². The predicted octanol–water partition coefficient (Wildman–Crippen LogP) is 1.82. The van der Waals surface area contributed by atoms with Crippen LogP contribution in [0, 0.1) is 0 Å². The number of aromatic nitrogens is 3. The van der Waals surface area contributed by atoms with Gasteiger partial charge in [0.05, 0.1) is 6.26 Å². The molecule has 0 amide bonds. The molecule has 90 valence electrons. The number of anilines is 1. The summed E-state index contributed by atoms with van der Waals surface area (Å²) in [5, 5.41) is 17.6. The van der Waals surface area contributed by atoms with Gasteiger partial charge >= 0.3 is 0 Å². The summed E-state index contributed by atoms with van der Waals surface area (Å²) in [6, 6.07) is 10.3. The number of nitrogens with zero attached hydrogens (tertiary/aromatic N) is 3. The van der Waals surface area contributed by atoms with Gasteiger partial charge in [0.25, 0.3) is 0 Å². The third-order valence-electron chi connectivity index (χ3n) is 2.57. The van der Waals surface area contributed by atoms with Gasteiger partial charge in [-0.3, -0.25) is 0 Å². The lowest BCUT2D eigenvalue weighted by Gasteiger charge is -2.04. The van der Waals surface area contributed by atoms with Crippen LogP contribution in [-0.4, -0.2) is 20.1 Å². The Bertz CT molecular complexity index is 673. The minimum atomic E-state index is 0.0834. The van der Waals surface area contributed by atoms with Gasteiger partial charge in [0.15, 0.2) is 17.3 Å². The first-order chi connectivity index (χ1) is 8.77. The van der Waals surface area contributed by atoms with Crippen molar-refractivity contribution in [3.8, 4) is 22.9 Å². The van der Waals surface area contributed by atoms with E-state index in [9.17, 15) is 5.11 Å². The third-order valence-corrected chi connectivity index (χ3v) is 2.57. The average Bonchev–Trinajstić information content (AvgIpc) is 2.99. The molecule has 0 bridgehead atoms. The van der Waals surface area contributed by atoms with E-state index in [1.165, 1.54) is 10.9 Å². The Hall–Kier alpha value is -2.76. The van der Waals surface area contributed by atoms with Gasteiger partial charge in [-0.2, -0.15) is 4.68 Å². The van der Waals surface area contributed by atoms with Crippen molar-refractivity contribution in [3.63, 3.8) is 0 Å². The van der Waals surface area contributed by atoms with E-state index in [2.05, 4.69) is 10.3 Å². The second-order valence-electron chi connectivity index (χ2n) is 3.70. The van der Waals surface area contributed by atoms with E-state index < -0.39 is 0 Å². The molecule has 2 aromatic heterocycles. The molecule has 0 saturated heterocycles. The normalized spacial score (nSPS) is 10.7. The zero-order chi connectivity index (χ0) is 12.5. The molecule has 0 aliphatic rings. The van der Waals surface area contributed by atoms with E-state index >= 15 is 0 Å². The number of phenols is 1. The number of para-hydroxylation sites is 2. The van der Waals surface area contributed by atoms with E-state index in [0.29, 0.717) is 23.0 Å². The molecular weight excluding hydrogens is 232 g/mol. The lowest BCUT2D eigenvalue weighted by molar-refractivity contribution is 0.470. The molecular formula is C12H10N4O2. The topological polar surface area (TPSA) is 90.1 Å². The fourth-order valence-electron chi connectivity index (χ4n) is 1.70. The van der Waals surface area contributed by atoms with Gasteiger partial charge in [0.2, 0.25) is 0 Å². The highest BCUT2D eigenvalue weighted by Crippen LogP contribution is 2.28. The molecule has 1 aromatic carbocycles. The molecule has 3 aromatic rings. The number of furan rings is 1. The maximum atomic E-state index is 9.76. The molecule has 2 heterocycles. The van der Waals surface area contributed by atoms with Crippen LogP contribution in [0.5, 0.6) is 5.75 Å². The van der Waals surface area contributed by atoms with Crippen molar-refractivity contribution in [2.24, 2.45) is 0 Å². The first-order valence-corrected chi connectivity index (χ1v) is 5.31. The fraction of sp³-hybridized carbons (Fsp3) is 0. The van der Waals surface area contributed by atoms with Crippen LogP contribution in [0.3, 0.4) is 0 Å². The molecule has 6 heteroatoms. The number of aromatic hydroxyl groups is 1. The SMILES string of the molecule is Nc1c(-c2ccco2)nnn1-c1ccccc1O. The smallest absolute Gasteiger partial charge is 0.172 e. The number of hydrogen-bond donors (Lipinski definition) is 2. The molecule has 0 atom stereocenters. The zero-order valence-corrected chi connectivity index (χ0v) is 9.32. The molecule has 6 nitrogen and oxygen atoms in total. The van der Waals surface area contributed by atoms with Crippen LogP contribution in [-0.2, 0) is 0 Å². The predicted molar refractivity (Wildman–Crippen MR) is 65.1 cm³/mol. The van der Waals surface area contributed by atoms with E-state index in [4.69, 9.17) is 10.2 Å². The minimum absolute atomic E-state index is 0.0834. The molecule has 0 radical (unpaired) electrons. The Kier molecular flexibility index (Phi) is 2.26. The molecule has 0 spiro atoms. The van der Waals surface area contributed by atoms with Crippen LogP contribution in [0.2, 0.25) is 0 Å². The highest BCUT2D eigenvalue weighted by molar-refractivity contribution is 5.67. The van der Waals surface area contributed by atoms with Crippen molar-refractivity contribution in [1.29, 1.82) is 0 Å². The van der Waals surface area contributed by atoms with Crippen molar-refractivity contribution in [3.05, 3.63) is 42.7 Å². The van der Waals surface area contributed by atoms with E-state index in [-0.39, 0.29) is 5.75 Å². The minimum Gasteiger partial charge on any atom is -0.506 e. The zero-order valence-electron chi connectivity index (χ0n) is 9.32. The van der Waals surface area contributed by atoms with Gasteiger partial charge < -0.3 is 15.3 Å². The van der Waals surface area contributed by atoms with Crippen LogP contribution in [0.15, 0.2) is 47.1 Å². The lowest BCUT2D eigenvalue weighted by atomic mass is 10.3. The summed E-state index contributed by atoms with van der Waals surface area (Å²) < 4.78 is 6.59. The van der Waals surface area contributed by atoms with E-state index in [1.807, 2.05) is 0 Å². The monoisotopic (exact) mass is 242 g/mol. The molecule has 3 rings (SSSR count). The molecule has 0 aliphatic heterocycles. The molecule has 3 N–H and O–H groups in total. The number of hydrogen-bond acceptors (Lipinski definition) is 5. The van der Waals surface area contributed by atoms with Gasteiger partial charge in [-0.1, -0.05) is 17.3 Å². The highest BCUT2D eigenvalue weighted by Gasteiger charge is 2.16. The largest absolute Gasteiger partial charge is 0.506 e. The average molecular weight is 242 g/mol. The van der Waals surface area contributed by atoms with Gasteiger partial charge in [-0.15, -0.1) is 5.10 Å². The Morgan fingerprint density at radius 3 is 2.72 bits per heavy atom. The number of phenolic OH excluding ortho intramolecular Hbond substituents is 1. The van der Waals surface area contributed by atoms with Gasteiger partial charge in [0.1, 0.15) is 11.4 Å². The summed E-state index contributed by atoms with van der Waals surface area (Å²) in [5.41, 5.74) is 6.88. The summed E-state index contributed by atoms with van der Waals surface area (Å²) in [6.45, 7) is 0. The van der Waals surface area contributed by atoms with Gasteiger partial charge in [-0.25, -0.2) is 0 Å². The summed E-state index contributed by atoms with van der Waals surface area (Å²) in [5.74, 6) is 0.931. The van der Waals surface area contributed by atoms with Crippen LogP contribution < -0.4 is 5.73 Å². The fourth-order valence-corrected chi connectivity index (χ4v) is 1.70. The number of nitrogen functional groups attached to an aromatic ring is 1. The Balaban J connectivity index is 2.14. The van der Waals surface area contributed by atoms with Crippen molar-refractivity contribution in [1.82, 2.24) is 15.0 Å². The van der Waals surface area contributed by atoms with Crippen LogP contribution in [0.1, 0.15) is 0 Å². The van der Waals surface area contributed by atoms with Crippen molar-refractivity contribution in [2.45, 2.75) is 0 Å². The highest BCUT2D eigenvalue weighted by atomic mass is 16.3. The van der Waals surface area contributed by atoms with E-state index in [0.717, 1.165) is 0 Å². The maximum absolute atomic E-state index is 9.76. The van der Waals surface area contributed by atoms with Crippen molar-refractivity contribution < 1.29 is 9.52 Å². The molecule has 0 saturated carbocycles. The molecule has 0 unspecified atom stereocenters. The summed E-state index contributed by atoms with van der Waals surface area (Å²) >= 11 is 0. The number of nitrogens with two attached hydrogens (primary N) is 1. The first kappa shape index (κ1) is 10.4. The number of benzene rings is 1. The van der Waals surface area contributed by atoms with Crippen molar-refractivity contribution >= 4 is 5.82 Å². The second kappa shape index (κ2) is 3.92. The Morgan fingerprint density at radius 1 is 1.17 bits per heavy atom. The molecule has 0 fully saturated rings. The first-order valence-electron chi connectivity index (χ1n) is 5.31. The lowest BCUT2D eigenvalue weighted by Crippen LogP contribution is -2.02. The molecule has 0 aliphatic carbocycles. The van der Waals surface area contributed by atoms with Crippen LogP contribution in [0.25, 0.3) is 17.1 Å². The number of rotatable bonds is 2. The Morgan fingerprint density at radius 2 is 2.00 bits per heavy atom. The van der Waals surface area contributed by atoms with E-state index in [1.54, 1.807) is 36.4 Å². The standard InChI is InChI=1S/C12H10N4O2/c13-12-11(10-6-3-7-18-10)14-15-16(12)8-4-1-2-5-9(8)17/h1-7,17H,13H2. The van der Waals surface area contributed by atoms with Gasteiger partial charge in [-0.05, 0) is 24.3 Å². The third kappa shape index (κ3) is 1.51. The van der Waals surface area contributed by atoms with Crippen LogP contribution in [0.4, 0.5) is 5.82 Å². The molecule has 18 heavy (non-hydrogen) atoms. The second-order valence-corrected chi connectivity index (χ2v) is 3.70. The summed E-state index contributed by atoms with van der Waals surface area (Å²) in [4.78, 5) is 0. The Labute approximate surface area is 102 Å². The quantitative estimate of drug-likeness (QED) is 0.715. The van der Waals surface area contributed by atoms with Crippen molar-refractivity contribution in [2.75, 3.05) is 5.73 Å². The summed E-state index contributed by atoms with van der Waals surface area (Å²) in [7, 11) is 0. The maximum Gasteiger partial charge on any atom is 0.172 e. The van der Waals surface area contributed by atoms with Crippen LogP contribution >= 0.6 is 0 Å². The summed E-state index contributed by atoms with van der Waals surface area (Å²) in [6.07, 6.45) is 1.54.